The van der Waals surface area contributed by atoms with Crippen molar-refractivity contribution in [2.45, 2.75) is 13.0 Å². The van der Waals surface area contributed by atoms with Gasteiger partial charge in [-0.1, -0.05) is 0 Å². The van der Waals surface area contributed by atoms with Crippen LogP contribution in [0.1, 0.15) is 12.0 Å². The fourth-order valence-corrected chi connectivity index (χ4v) is 4.91. The van der Waals surface area contributed by atoms with Gasteiger partial charge in [-0.2, -0.15) is 5.10 Å². The van der Waals surface area contributed by atoms with E-state index in [-0.39, 0.29) is 11.7 Å². The molecule has 0 atom stereocenters. The third kappa shape index (κ3) is 3.67. The molecular formula is C27H25FN6O. The van der Waals surface area contributed by atoms with Crippen LogP contribution in [0, 0.1) is 5.82 Å². The van der Waals surface area contributed by atoms with Crippen molar-refractivity contribution < 1.29 is 9.50 Å². The third-order valence-electron chi connectivity index (χ3n) is 6.54. The van der Waals surface area contributed by atoms with E-state index >= 15 is 0 Å². The lowest BCUT2D eigenvalue weighted by atomic mass is 10.1. The third-order valence-corrected chi connectivity index (χ3v) is 6.54. The number of aryl methyl sites for hydroxylation is 2. The van der Waals surface area contributed by atoms with E-state index in [2.05, 4.69) is 27.1 Å². The number of aromatic nitrogens is 4. The minimum Gasteiger partial charge on any atom is -0.494 e. The summed E-state index contributed by atoms with van der Waals surface area (Å²) < 4.78 is 17.5. The smallest absolute Gasteiger partial charge is 0.199 e. The van der Waals surface area contributed by atoms with Crippen LogP contribution >= 0.6 is 0 Å². The van der Waals surface area contributed by atoms with Crippen molar-refractivity contribution in [3.63, 3.8) is 0 Å². The van der Waals surface area contributed by atoms with Gasteiger partial charge in [0.15, 0.2) is 5.88 Å². The van der Waals surface area contributed by atoms with Crippen molar-refractivity contribution >= 4 is 23.5 Å². The predicted octanol–water partition coefficient (Wildman–Crippen LogP) is 2.49. The van der Waals surface area contributed by atoms with E-state index in [9.17, 15) is 9.50 Å². The molecule has 0 unspecified atom stereocenters. The van der Waals surface area contributed by atoms with Crippen molar-refractivity contribution in [2.24, 2.45) is 12.0 Å². The molecule has 2 N–H and O–H groups in total. The summed E-state index contributed by atoms with van der Waals surface area (Å²) in [6.07, 6.45) is 12.8. The van der Waals surface area contributed by atoms with E-state index < -0.39 is 0 Å². The molecule has 176 valence electrons. The number of benzene rings is 1. The molecule has 0 spiro atoms. The van der Waals surface area contributed by atoms with Crippen molar-refractivity contribution in [1.29, 1.82) is 0 Å². The molecule has 1 aromatic carbocycles. The number of aromatic amines is 1. The van der Waals surface area contributed by atoms with Crippen LogP contribution in [0.2, 0.25) is 0 Å². The van der Waals surface area contributed by atoms with Crippen molar-refractivity contribution in [1.82, 2.24) is 19.3 Å². The zero-order valence-electron chi connectivity index (χ0n) is 19.3. The fourth-order valence-electron chi connectivity index (χ4n) is 4.91. The normalized spacial score (nSPS) is 14.5. The van der Waals surface area contributed by atoms with Gasteiger partial charge in [-0.05, 0) is 61.0 Å². The number of fused-ring (bicyclic) bond motifs is 2. The first kappa shape index (κ1) is 21.2. The van der Waals surface area contributed by atoms with E-state index in [1.54, 1.807) is 18.3 Å². The zero-order valence-corrected chi connectivity index (χ0v) is 19.3. The SMILES string of the molecule is Cn1ccc(=NCCCn2cccn2)c2c1-c1c(O)[nH]c3c1=C(C=C2)N(c1ccc(F)cc1)CC=3. The van der Waals surface area contributed by atoms with E-state index in [1.807, 2.05) is 46.9 Å². The van der Waals surface area contributed by atoms with Crippen LogP contribution in [-0.4, -0.2) is 37.5 Å². The number of nitrogens with zero attached hydrogens (tertiary/aromatic N) is 5. The molecule has 0 saturated carbocycles. The van der Waals surface area contributed by atoms with Gasteiger partial charge in [-0.3, -0.25) is 9.67 Å². The summed E-state index contributed by atoms with van der Waals surface area (Å²) in [5.74, 6) is -0.142. The summed E-state index contributed by atoms with van der Waals surface area (Å²) in [4.78, 5) is 10.2. The van der Waals surface area contributed by atoms with Gasteiger partial charge in [-0.25, -0.2) is 4.39 Å². The number of hydrogen-bond acceptors (Lipinski definition) is 4. The van der Waals surface area contributed by atoms with Crippen LogP contribution in [0.3, 0.4) is 0 Å². The molecular weight excluding hydrogens is 443 g/mol. The Labute approximate surface area is 201 Å². The Balaban J connectivity index is 1.47. The summed E-state index contributed by atoms with van der Waals surface area (Å²) in [7, 11) is 1.97. The second-order valence-electron chi connectivity index (χ2n) is 8.73. The Morgan fingerprint density at radius 1 is 1.14 bits per heavy atom. The highest BCUT2D eigenvalue weighted by Crippen LogP contribution is 2.31. The summed E-state index contributed by atoms with van der Waals surface area (Å²) in [5, 5.41) is 18.0. The van der Waals surface area contributed by atoms with Gasteiger partial charge in [0.05, 0.1) is 22.3 Å². The van der Waals surface area contributed by atoms with Gasteiger partial charge >= 0.3 is 0 Å². The lowest BCUT2D eigenvalue weighted by Gasteiger charge is -2.26. The van der Waals surface area contributed by atoms with Gasteiger partial charge in [0.2, 0.25) is 0 Å². The summed E-state index contributed by atoms with van der Waals surface area (Å²) >= 11 is 0. The molecule has 6 rings (SSSR count). The zero-order chi connectivity index (χ0) is 23.9. The topological polar surface area (TPSA) is 74.4 Å². The van der Waals surface area contributed by atoms with E-state index in [0.717, 1.165) is 57.1 Å². The second-order valence-corrected chi connectivity index (χ2v) is 8.73. The standard InChI is InChI=1S/C27H25FN6O/c1-32-16-10-21(29-12-2-14-33-15-3-13-30-33)20-8-9-23-24-22(31-27(35)25(24)26(20)32)11-17-34(23)19-6-4-18(28)5-7-19/h3-11,13,15-16,31,35H,2,12,14,17H2,1H3. The highest BCUT2D eigenvalue weighted by molar-refractivity contribution is 5.90. The highest BCUT2D eigenvalue weighted by Gasteiger charge is 2.25. The highest BCUT2D eigenvalue weighted by atomic mass is 19.1. The molecule has 1 aliphatic carbocycles. The Hall–Kier alpha value is -4.33. The van der Waals surface area contributed by atoms with E-state index in [4.69, 9.17) is 4.99 Å². The Morgan fingerprint density at radius 2 is 2.00 bits per heavy atom. The molecule has 0 radical (unpaired) electrons. The second kappa shape index (κ2) is 8.47. The van der Waals surface area contributed by atoms with Crippen molar-refractivity contribution in [3.05, 3.63) is 88.4 Å². The maximum absolute atomic E-state index is 13.6. The average Bonchev–Trinajstić information content (AvgIpc) is 3.44. The molecule has 35 heavy (non-hydrogen) atoms. The van der Waals surface area contributed by atoms with Crippen molar-refractivity contribution in [3.8, 4) is 17.1 Å². The molecule has 4 aromatic rings. The number of halogens is 1. The lowest BCUT2D eigenvalue weighted by Crippen LogP contribution is -2.39. The molecule has 0 bridgehead atoms. The summed E-state index contributed by atoms with van der Waals surface area (Å²) in [6.45, 7) is 2.07. The summed E-state index contributed by atoms with van der Waals surface area (Å²) in [6, 6.07) is 10.4. The molecule has 0 fully saturated rings. The fraction of sp³-hybridized carbons (Fsp3) is 0.185. The van der Waals surface area contributed by atoms with Crippen molar-refractivity contribution in [2.75, 3.05) is 18.0 Å². The quantitative estimate of drug-likeness (QED) is 0.442. The summed E-state index contributed by atoms with van der Waals surface area (Å²) in [5.41, 5.74) is 4.43. The van der Waals surface area contributed by atoms with E-state index in [0.29, 0.717) is 13.1 Å². The van der Waals surface area contributed by atoms with Crippen LogP contribution in [0.15, 0.2) is 66.1 Å². The number of anilines is 1. The Kier molecular flexibility index (Phi) is 5.13. The van der Waals surface area contributed by atoms with Gasteiger partial charge < -0.3 is 19.6 Å². The molecule has 2 aliphatic rings. The lowest BCUT2D eigenvalue weighted by molar-refractivity contribution is 0.457. The molecule has 7 nitrogen and oxygen atoms in total. The predicted molar refractivity (Wildman–Crippen MR) is 134 cm³/mol. The monoisotopic (exact) mass is 468 g/mol. The van der Waals surface area contributed by atoms with Crippen LogP contribution < -0.4 is 20.8 Å². The average molecular weight is 469 g/mol. The maximum Gasteiger partial charge on any atom is 0.199 e. The van der Waals surface area contributed by atoms with Crippen LogP contribution in [0.25, 0.3) is 29.1 Å². The molecule has 4 heterocycles. The number of rotatable bonds is 5. The molecule has 0 amide bonds. The number of hydrogen-bond donors (Lipinski definition) is 2. The first-order chi connectivity index (χ1) is 17.1. The number of pyridine rings is 1. The maximum atomic E-state index is 13.6. The number of nitrogens with one attached hydrogen (secondary N) is 1. The van der Waals surface area contributed by atoms with Gasteiger partial charge in [-0.15, -0.1) is 0 Å². The van der Waals surface area contributed by atoms with Crippen LogP contribution in [-0.2, 0) is 13.6 Å². The van der Waals surface area contributed by atoms with Gasteiger partial charge in [0.1, 0.15) is 5.82 Å². The molecule has 3 aromatic heterocycles. The van der Waals surface area contributed by atoms with Gasteiger partial charge in [0, 0.05) is 67.1 Å². The molecule has 1 aliphatic heterocycles. The largest absolute Gasteiger partial charge is 0.494 e. The molecule has 0 saturated heterocycles. The first-order valence-electron chi connectivity index (χ1n) is 11.6. The number of aromatic hydroxyl groups is 1. The Bertz CT molecular complexity index is 1620. The minimum absolute atomic E-state index is 0.126. The first-order valence-corrected chi connectivity index (χ1v) is 11.6. The van der Waals surface area contributed by atoms with Crippen LogP contribution in [0.5, 0.6) is 5.88 Å². The molecule has 8 heteroatoms. The Morgan fingerprint density at radius 3 is 2.80 bits per heavy atom. The minimum atomic E-state index is -0.268. The van der Waals surface area contributed by atoms with E-state index in [1.165, 1.54) is 12.1 Å². The van der Waals surface area contributed by atoms with Gasteiger partial charge in [0.25, 0.3) is 0 Å². The number of H-pyrrole nitrogens is 1. The van der Waals surface area contributed by atoms with Crippen LogP contribution in [0.4, 0.5) is 10.1 Å².